The number of carboxylic acids is 1. The van der Waals surface area contributed by atoms with Crippen molar-refractivity contribution >= 4 is 5.97 Å². The van der Waals surface area contributed by atoms with Crippen molar-refractivity contribution in [2.24, 2.45) is 5.92 Å². The highest BCUT2D eigenvalue weighted by atomic mass is 16.4. The minimum absolute atomic E-state index is 0.168. The Labute approximate surface area is 113 Å². The van der Waals surface area contributed by atoms with Crippen molar-refractivity contribution in [3.63, 3.8) is 0 Å². The van der Waals surface area contributed by atoms with Gasteiger partial charge in [-0.1, -0.05) is 0 Å². The molecule has 0 bridgehead atoms. The minimum Gasteiger partial charge on any atom is -0.481 e. The van der Waals surface area contributed by atoms with Gasteiger partial charge in [0.15, 0.2) is 0 Å². The number of fused-ring (bicyclic) bond motifs is 1. The maximum atomic E-state index is 11.1. The third-order valence-electron chi connectivity index (χ3n) is 4.70. The highest BCUT2D eigenvalue weighted by Crippen LogP contribution is 2.39. The Morgan fingerprint density at radius 3 is 3.05 bits per heavy atom. The quantitative estimate of drug-likeness (QED) is 0.891. The first-order valence-electron chi connectivity index (χ1n) is 7.21. The number of hydrogen-bond acceptors (Lipinski definition) is 3. The largest absolute Gasteiger partial charge is 0.481 e. The van der Waals surface area contributed by atoms with Gasteiger partial charge in [-0.25, -0.2) is 0 Å². The van der Waals surface area contributed by atoms with E-state index in [0.29, 0.717) is 12.1 Å². The van der Waals surface area contributed by atoms with Crippen LogP contribution in [0, 0.1) is 5.92 Å². The van der Waals surface area contributed by atoms with Crippen molar-refractivity contribution < 1.29 is 14.3 Å². The molecule has 3 unspecified atom stereocenters. The maximum absolute atomic E-state index is 11.1. The molecule has 0 aromatic carbocycles. The van der Waals surface area contributed by atoms with Crippen LogP contribution < -0.4 is 0 Å². The van der Waals surface area contributed by atoms with Crippen LogP contribution in [0.3, 0.4) is 0 Å². The first-order valence-corrected chi connectivity index (χ1v) is 7.21. The van der Waals surface area contributed by atoms with E-state index in [-0.39, 0.29) is 5.92 Å². The molecular weight excluding hydrogens is 242 g/mol. The van der Waals surface area contributed by atoms with Gasteiger partial charge < -0.3 is 9.52 Å². The second-order valence-electron chi connectivity index (χ2n) is 5.85. The molecule has 104 valence electrons. The number of hydrogen-bond donors (Lipinski definition) is 1. The lowest BCUT2D eigenvalue weighted by atomic mass is 9.86. The van der Waals surface area contributed by atoms with E-state index < -0.39 is 5.97 Å². The van der Waals surface area contributed by atoms with Crippen LogP contribution in [0.2, 0.25) is 0 Å². The van der Waals surface area contributed by atoms with E-state index in [9.17, 15) is 4.79 Å². The van der Waals surface area contributed by atoms with Gasteiger partial charge >= 0.3 is 5.97 Å². The molecule has 19 heavy (non-hydrogen) atoms. The van der Waals surface area contributed by atoms with Gasteiger partial charge in [0.05, 0.1) is 12.2 Å². The Kier molecular flexibility index (Phi) is 3.35. The van der Waals surface area contributed by atoms with Crippen LogP contribution in [0.25, 0.3) is 0 Å². The molecule has 0 radical (unpaired) electrons. The fraction of sp³-hybridized carbons (Fsp3) is 0.667. The first-order chi connectivity index (χ1) is 9.16. The SMILES string of the molecule is CC1CC(C(=O)O)CCN1C1CCCc2occc21. The van der Waals surface area contributed by atoms with Gasteiger partial charge in [-0.05, 0) is 45.2 Å². The van der Waals surface area contributed by atoms with E-state index in [1.165, 1.54) is 5.56 Å². The zero-order valence-electron chi connectivity index (χ0n) is 11.3. The monoisotopic (exact) mass is 263 g/mol. The van der Waals surface area contributed by atoms with Crippen LogP contribution in [0.1, 0.15) is 50.0 Å². The minimum atomic E-state index is -0.640. The lowest BCUT2D eigenvalue weighted by Crippen LogP contribution is -2.45. The van der Waals surface area contributed by atoms with Gasteiger partial charge in [-0.2, -0.15) is 0 Å². The lowest BCUT2D eigenvalue weighted by molar-refractivity contribution is -0.144. The molecule has 3 rings (SSSR count). The molecule has 4 heteroatoms. The number of likely N-dealkylation sites (tertiary alicyclic amines) is 1. The lowest BCUT2D eigenvalue weighted by Gasteiger charge is -2.42. The Morgan fingerprint density at radius 2 is 2.32 bits per heavy atom. The summed E-state index contributed by atoms with van der Waals surface area (Å²) in [6.07, 6.45) is 6.68. The second-order valence-corrected chi connectivity index (χ2v) is 5.85. The molecule has 1 aliphatic heterocycles. The van der Waals surface area contributed by atoms with Crippen LogP contribution in [-0.2, 0) is 11.2 Å². The molecule has 1 aliphatic carbocycles. The predicted octanol–water partition coefficient (Wildman–Crippen LogP) is 2.84. The Balaban J connectivity index is 1.76. The van der Waals surface area contributed by atoms with E-state index in [4.69, 9.17) is 9.52 Å². The van der Waals surface area contributed by atoms with E-state index in [1.54, 1.807) is 6.26 Å². The van der Waals surface area contributed by atoms with Gasteiger partial charge in [0, 0.05) is 24.1 Å². The Morgan fingerprint density at radius 1 is 1.47 bits per heavy atom. The molecule has 1 saturated heterocycles. The molecule has 4 nitrogen and oxygen atoms in total. The zero-order valence-corrected chi connectivity index (χ0v) is 11.3. The highest BCUT2D eigenvalue weighted by Gasteiger charge is 2.36. The van der Waals surface area contributed by atoms with Crippen LogP contribution in [0.4, 0.5) is 0 Å². The Bertz CT molecular complexity index is 468. The summed E-state index contributed by atoms with van der Waals surface area (Å²) in [5.74, 6) is 0.321. The average molecular weight is 263 g/mol. The summed E-state index contributed by atoms with van der Waals surface area (Å²) in [6, 6.07) is 2.85. The first kappa shape index (κ1) is 12.7. The van der Waals surface area contributed by atoms with Gasteiger partial charge in [-0.15, -0.1) is 0 Å². The molecule has 0 amide bonds. The topological polar surface area (TPSA) is 53.7 Å². The van der Waals surface area contributed by atoms with Crippen molar-refractivity contribution in [1.29, 1.82) is 0 Å². The van der Waals surface area contributed by atoms with E-state index in [1.807, 2.05) is 0 Å². The normalized spacial score (nSPS) is 31.9. The molecule has 0 spiro atoms. The van der Waals surface area contributed by atoms with Crippen LogP contribution >= 0.6 is 0 Å². The third kappa shape index (κ3) is 2.29. The van der Waals surface area contributed by atoms with Crippen molar-refractivity contribution in [2.45, 2.75) is 51.1 Å². The number of carboxylic acid groups (broad SMARTS) is 1. The summed E-state index contributed by atoms with van der Waals surface area (Å²) >= 11 is 0. The molecule has 1 fully saturated rings. The number of nitrogens with zero attached hydrogens (tertiary/aromatic N) is 1. The molecule has 2 aliphatic rings. The van der Waals surface area contributed by atoms with E-state index >= 15 is 0 Å². The predicted molar refractivity (Wildman–Crippen MR) is 70.9 cm³/mol. The summed E-state index contributed by atoms with van der Waals surface area (Å²) in [7, 11) is 0. The Hall–Kier alpha value is -1.29. The zero-order chi connectivity index (χ0) is 13.4. The second kappa shape index (κ2) is 5.00. The molecule has 3 atom stereocenters. The van der Waals surface area contributed by atoms with E-state index in [2.05, 4.69) is 17.9 Å². The number of aliphatic carboxylic acids is 1. The molecule has 0 saturated carbocycles. The number of rotatable bonds is 2. The van der Waals surface area contributed by atoms with Gasteiger partial charge in [0.1, 0.15) is 5.76 Å². The summed E-state index contributed by atoms with van der Waals surface area (Å²) in [6.45, 7) is 3.04. The highest BCUT2D eigenvalue weighted by molar-refractivity contribution is 5.70. The average Bonchev–Trinajstić information content (AvgIpc) is 2.86. The molecule has 2 heterocycles. The third-order valence-corrected chi connectivity index (χ3v) is 4.70. The van der Waals surface area contributed by atoms with Gasteiger partial charge in [0.25, 0.3) is 0 Å². The number of carbonyl (C=O) groups is 1. The maximum Gasteiger partial charge on any atom is 0.306 e. The van der Waals surface area contributed by atoms with Crippen LogP contribution in [0.5, 0.6) is 0 Å². The standard InChI is InChI=1S/C15H21NO3/c1-10-9-11(15(17)18)5-7-16(10)13-3-2-4-14-12(13)6-8-19-14/h6,8,10-11,13H,2-5,7,9H2,1H3,(H,17,18). The van der Waals surface area contributed by atoms with Crippen molar-refractivity contribution in [3.05, 3.63) is 23.7 Å². The fourth-order valence-corrected chi connectivity index (χ4v) is 3.68. The number of furan rings is 1. The van der Waals surface area contributed by atoms with E-state index in [0.717, 1.165) is 44.4 Å². The number of piperidine rings is 1. The smallest absolute Gasteiger partial charge is 0.306 e. The van der Waals surface area contributed by atoms with Crippen molar-refractivity contribution in [1.82, 2.24) is 4.90 Å². The fourth-order valence-electron chi connectivity index (χ4n) is 3.68. The molecule has 1 aromatic rings. The van der Waals surface area contributed by atoms with Gasteiger partial charge in [-0.3, -0.25) is 9.69 Å². The van der Waals surface area contributed by atoms with Crippen LogP contribution in [0.15, 0.2) is 16.7 Å². The van der Waals surface area contributed by atoms with Gasteiger partial charge in [0.2, 0.25) is 0 Å². The molecular formula is C15H21NO3. The number of aryl methyl sites for hydroxylation is 1. The van der Waals surface area contributed by atoms with Crippen LogP contribution in [-0.4, -0.2) is 28.6 Å². The summed E-state index contributed by atoms with van der Waals surface area (Å²) in [5.41, 5.74) is 1.33. The molecule has 1 N–H and O–H groups in total. The summed E-state index contributed by atoms with van der Waals surface area (Å²) < 4.78 is 5.55. The summed E-state index contributed by atoms with van der Waals surface area (Å²) in [4.78, 5) is 13.6. The molecule has 1 aromatic heterocycles. The summed E-state index contributed by atoms with van der Waals surface area (Å²) in [5, 5.41) is 9.14. The van der Waals surface area contributed by atoms with Crippen molar-refractivity contribution in [2.75, 3.05) is 6.54 Å². The van der Waals surface area contributed by atoms with Crippen molar-refractivity contribution in [3.8, 4) is 0 Å².